The van der Waals surface area contributed by atoms with Crippen LogP contribution >= 0.6 is 0 Å². The van der Waals surface area contributed by atoms with E-state index in [4.69, 9.17) is 166 Å². The normalized spacial score (nSPS) is 44.6. The van der Waals surface area contributed by atoms with Crippen LogP contribution in [0.3, 0.4) is 0 Å². The van der Waals surface area contributed by atoms with Crippen molar-refractivity contribution in [2.75, 3.05) is 195 Å². The lowest BCUT2D eigenvalue weighted by atomic mass is 9.94. The van der Waals surface area contributed by atoms with Crippen LogP contribution in [0.1, 0.15) is 0 Å². The summed E-state index contributed by atoms with van der Waals surface area (Å²) in [4.78, 5) is 0. The SMILES string of the molecule is C=CCO[C@@H]1[C@@H](OC)[C@H]2O[C@H]3[C@H](OC)[C@@H](OC)[C@@H](O[C@H]4[C@H](OC)[C@@H](OC)[C@@H](O[C@H]5[C@H](OC)[C@@H](OC)[C@@H](O[C@H]6[C@H](OC)[C@@H](OC)[C@@H](O[C@H]7[C@H](OC)[C@@H](OC)[C@@H](O[C@H]8[C@H](OC)[C@@H](OCC=C)[C@@H](O[C@@H]1[C@@H](COC)O2)O[C@@H]8COC)O[C@@H]7COC)O[C@@H]6COC)O[C@@H]5COC)O[C@@H]4COC)O[C@@H]3COC. The molecule has 21 aliphatic rings. The molecule has 0 aromatic rings. The van der Waals surface area contributed by atoms with Crippen molar-refractivity contribution >= 4 is 0 Å². The van der Waals surface area contributed by atoms with Gasteiger partial charge in [0.05, 0.1) is 59.5 Å². The Balaban J connectivity index is 1.26. The first-order valence-corrected chi connectivity index (χ1v) is 34.1. The van der Waals surface area contributed by atoms with E-state index in [1.54, 1.807) is 12.2 Å². The quantitative estimate of drug-likeness (QED) is 0.0775. The number of hydrogen-bond donors (Lipinski definition) is 0. The van der Waals surface area contributed by atoms with Crippen molar-refractivity contribution in [1.29, 1.82) is 0 Å². The van der Waals surface area contributed by atoms with Gasteiger partial charge in [0, 0.05) is 135 Å². The second-order valence-electron chi connectivity index (χ2n) is 25.3. The molecule has 0 aromatic heterocycles. The van der Waals surface area contributed by atoms with E-state index < -0.39 is 215 Å². The van der Waals surface area contributed by atoms with E-state index in [-0.39, 0.29) is 59.5 Å². The van der Waals surface area contributed by atoms with Gasteiger partial charge in [-0.05, 0) is 0 Å². The topological polar surface area (TPSA) is 323 Å². The van der Waals surface area contributed by atoms with Gasteiger partial charge in [0.1, 0.15) is 171 Å². The number of methoxy groups -OCH3 is 19. The molecule has 35 nitrogen and oxygen atoms in total. The van der Waals surface area contributed by atoms with Gasteiger partial charge in [-0.25, -0.2) is 0 Å². The molecule has 102 heavy (non-hydrogen) atoms. The highest BCUT2D eigenvalue weighted by Gasteiger charge is 2.62. The zero-order chi connectivity index (χ0) is 73.7. The molecule has 0 aliphatic carbocycles. The lowest BCUT2D eigenvalue weighted by molar-refractivity contribution is -0.403. The molecule has 35 atom stereocenters. The highest BCUT2D eigenvalue weighted by Crippen LogP contribution is 2.43. The largest absolute Gasteiger partial charge is 0.382 e. The van der Waals surface area contributed by atoms with Crippen LogP contribution in [0.2, 0.25) is 0 Å². The summed E-state index contributed by atoms with van der Waals surface area (Å²) >= 11 is 0. The maximum absolute atomic E-state index is 7.17. The minimum atomic E-state index is -1.29. The summed E-state index contributed by atoms with van der Waals surface area (Å²) in [6.45, 7) is 7.56. The van der Waals surface area contributed by atoms with Crippen LogP contribution < -0.4 is 0 Å². The predicted molar refractivity (Wildman–Crippen MR) is 347 cm³/mol. The van der Waals surface area contributed by atoms with Gasteiger partial charge in [-0.1, -0.05) is 12.2 Å². The van der Waals surface area contributed by atoms with E-state index in [1.165, 1.54) is 135 Å². The molecule has 0 spiro atoms. The lowest BCUT2D eigenvalue weighted by Crippen LogP contribution is -2.69. The van der Waals surface area contributed by atoms with Crippen molar-refractivity contribution in [2.24, 2.45) is 0 Å². The summed E-state index contributed by atoms with van der Waals surface area (Å²) in [5, 5.41) is 0. The molecule has 21 rings (SSSR count). The van der Waals surface area contributed by atoms with Gasteiger partial charge < -0.3 is 166 Å². The summed E-state index contributed by atoms with van der Waals surface area (Å²) < 4.78 is 228. The number of hydrogen-bond acceptors (Lipinski definition) is 35. The molecular formula is C67H116O35. The fraction of sp³-hybridized carbons (Fsp3) is 0.940. The van der Waals surface area contributed by atoms with Gasteiger partial charge in [0.25, 0.3) is 0 Å². The Kier molecular flexibility index (Phi) is 36.0. The summed E-state index contributed by atoms with van der Waals surface area (Å²) in [6.07, 6.45) is -33.7. The molecule has 21 aliphatic heterocycles. The van der Waals surface area contributed by atoms with E-state index >= 15 is 0 Å². The molecule has 21 saturated heterocycles. The summed E-state index contributed by atoms with van der Waals surface area (Å²) in [5.41, 5.74) is 0. The van der Waals surface area contributed by atoms with Gasteiger partial charge in [-0.2, -0.15) is 0 Å². The maximum atomic E-state index is 7.17. The van der Waals surface area contributed by atoms with E-state index in [1.807, 2.05) is 0 Å². The lowest BCUT2D eigenvalue weighted by Gasteiger charge is -2.52. The zero-order valence-electron chi connectivity index (χ0n) is 62.4. The molecule has 0 radical (unpaired) electrons. The summed E-state index contributed by atoms with van der Waals surface area (Å²) in [6, 6.07) is 0. The monoisotopic (exact) mass is 1480 g/mol. The molecule has 594 valence electrons. The van der Waals surface area contributed by atoms with Crippen LogP contribution in [-0.2, 0) is 166 Å². The van der Waals surface area contributed by atoms with Crippen molar-refractivity contribution in [3.63, 3.8) is 0 Å². The first-order valence-electron chi connectivity index (χ1n) is 34.1. The van der Waals surface area contributed by atoms with Crippen LogP contribution in [0.5, 0.6) is 0 Å². The Morgan fingerprint density at radius 3 is 0.510 bits per heavy atom. The molecule has 21 heterocycles. The van der Waals surface area contributed by atoms with E-state index in [2.05, 4.69) is 13.2 Å². The van der Waals surface area contributed by atoms with Crippen LogP contribution in [0.25, 0.3) is 0 Å². The molecular weight excluding hydrogens is 1360 g/mol. The van der Waals surface area contributed by atoms with E-state index in [0.29, 0.717) is 0 Å². The number of rotatable bonds is 32. The average Bonchev–Trinajstić information content (AvgIpc) is 0.768. The second-order valence-corrected chi connectivity index (χ2v) is 25.3. The third-order valence-corrected chi connectivity index (χ3v) is 19.6. The zero-order valence-corrected chi connectivity index (χ0v) is 62.4. The first kappa shape index (κ1) is 85.7. The second kappa shape index (κ2) is 42.9. The van der Waals surface area contributed by atoms with Crippen LogP contribution in [-0.4, -0.2) is 409 Å². The molecule has 0 N–H and O–H groups in total. The Morgan fingerprint density at radius 2 is 0.343 bits per heavy atom. The van der Waals surface area contributed by atoms with Crippen LogP contribution in [0.15, 0.2) is 25.3 Å². The number of ether oxygens (including phenoxy) is 35. The Labute approximate surface area is 598 Å². The average molecular weight is 1480 g/mol. The van der Waals surface area contributed by atoms with Crippen molar-refractivity contribution in [3.05, 3.63) is 25.3 Å². The fourth-order valence-corrected chi connectivity index (χ4v) is 15.1. The van der Waals surface area contributed by atoms with Crippen molar-refractivity contribution < 1.29 is 166 Å². The van der Waals surface area contributed by atoms with Gasteiger partial charge in [-0.3, -0.25) is 0 Å². The van der Waals surface area contributed by atoms with Gasteiger partial charge in [0.15, 0.2) is 44.0 Å². The van der Waals surface area contributed by atoms with E-state index in [9.17, 15) is 0 Å². The third-order valence-electron chi connectivity index (χ3n) is 19.6. The summed E-state index contributed by atoms with van der Waals surface area (Å²) in [5.74, 6) is 0. The molecule has 0 aromatic carbocycles. The Hall–Kier alpha value is -1.92. The Morgan fingerprint density at radius 1 is 0.196 bits per heavy atom. The van der Waals surface area contributed by atoms with Crippen molar-refractivity contribution in [1.82, 2.24) is 0 Å². The molecule has 21 fully saturated rings. The molecule has 14 bridgehead atoms. The fourth-order valence-electron chi connectivity index (χ4n) is 15.1. The molecule has 0 amide bonds. The standard InChI is InChI=1S/C67H116O35/c1-22-24-87-53-46-39(32-74-9)94-66(59(53)86-21)100-44-37(30-72-7)92-64(57(84-19)51(44)79-14)98-42-35(28-70-5)90-62(55(82-17)49(42)77-12)96-40-33(26-68-3)89-61(54(81-16)47(40)75-10)97-41-34(27-69-4)91-63(56(83-18)48(41)76-11)99-43-36(29-71-6)93-65(58(85-20)50(43)78-13)101-45-38(31-73-8)95-67(102-46)60(52(45)80-15)88-25-23-2/h22-23,33-67H,1-2,24-32H2,3-21H3/t33-,34-,35-,36-,37-,38-,39-,40-,41-,42-,43-,44-,45-,46-,47+,48+,49+,50+,51+,52+,53+,54-,55-,56-,57-,58-,59-,60-,61-,62-,63-,64-,65-,66-,67-/m1/s1. The highest BCUT2D eigenvalue weighted by molar-refractivity contribution is 5.05. The predicted octanol–water partition coefficient (Wildman–Crippen LogP) is -0.382. The van der Waals surface area contributed by atoms with Crippen LogP contribution in [0.4, 0.5) is 0 Å². The molecule has 0 saturated carbocycles. The smallest absolute Gasteiger partial charge is 0.187 e. The van der Waals surface area contributed by atoms with Crippen molar-refractivity contribution in [2.45, 2.75) is 215 Å². The third kappa shape index (κ3) is 19.3. The van der Waals surface area contributed by atoms with Crippen molar-refractivity contribution in [3.8, 4) is 0 Å². The Bertz CT molecular complexity index is 2350. The maximum Gasteiger partial charge on any atom is 0.187 e. The van der Waals surface area contributed by atoms with Gasteiger partial charge >= 0.3 is 0 Å². The van der Waals surface area contributed by atoms with Crippen LogP contribution in [0, 0.1) is 0 Å². The van der Waals surface area contributed by atoms with E-state index in [0.717, 1.165) is 0 Å². The molecule has 35 heteroatoms. The minimum absolute atomic E-state index is 0.00504. The van der Waals surface area contributed by atoms with Gasteiger partial charge in [-0.15, -0.1) is 13.2 Å². The summed E-state index contributed by atoms with van der Waals surface area (Å²) in [7, 11) is 28.7. The first-order chi connectivity index (χ1) is 49.7. The minimum Gasteiger partial charge on any atom is -0.382 e. The van der Waals surface area contributed by atoms with Gasteiger partial charge in [0.2, 0.25) is 0 Å². The molecule has 0 unspecified atom stereocenters. The highest BCUT2D eigenvalue weighted by atomic mass is 16.8.